The lowest BCUT2D eigenvalue weighted by molar-refractivity contribution is 0.0693. The second-order valence-electron chi connectivity index (χ2n) is 5.58. The fraction of sp³-hybridized carbons (Fsp3) is 0.643. The third-order valence-corrected chi connectivity index (χ3v) is 3.44. The van der Waals surface area contributed by atoms with Crippen LogP contribution in [0, 0.1) is 0 Å². The van der Waals surface area contributed by atoms with E-state index in [0.29, 0.717) is 24.5 Å². The Bertz CT molecular complexity index is 494. The molecule has 1 amide bonds. The normalized spacial score (nSPS) is 21.9. The number of carbonyl (C=O) groups is 1. The number of hydrogen-bond acceptors (Lipinski definition) is 6. The standard InChI is InChI=1S/C14H23N5O2/c1-4-16-13-7-15-6-12(17-13)14(21)19-9-11(20)5-10(19)8-18(2)3/h6-7,10-11,20H,4-5,8-9H2,1-3H3,(H,16,17). The molecule has 0 aromatic carbocycles. The van der Waals surface area contributed by atoms with Crippen molar-refractivity contribution in [1.29, 1.82) is 0 Å². The van der Waals surface area contributed by atoms with E-state index in [9.17, 15) is 9.90 Å². The van der Waals surface area contributed by atoms with Crippen LogP contribution in [0.1, 0.15) is 23.8 Å². The van der Waals surface area contributed by atoms with Crippen molar-refractivity contribution in [2.75, 3.05) is 39.0 Å². The molecule has 1 aliphatic heterocycles. The summed E-state index contributed by atoms with van der Waals surface area (Å²) in [6.45, 7) is 3.76. The highest BCUT2D eigenvalue weighted by molar-refractivity contribution is 5.92. The lowest BCUT2D eigenvalue weighted by Gasteiger charge is -2.26. The quantitative estimate of drug-likeness (QED) is 0.798. The molecule has 2 atom stereocenters. The number of β-amino-alcohol motifs (C(OH)–C–C–N with tert-alkyl or cyclic N) is 1. The molecule has 1 aromatic heterocycles. The van der Waals surface area contributed by atoms with Crippen LogP contribution in [0.2, 0.25) is 0 Å². The summed E-state index contributed by atoms with van der Waals surface area (Å²) in [4.78, 5) is 24.7. The molecule has 2 heterocycles. The Morgan fingerprint density at radius 1 is 1.52 bits per heavy atom. The summed E-state index contributed by atoms with van der Waals surface area (Å²) in [7, 11) is 3.91. The van der Waals surface area contributed by atoms with Gasteiger partial charge in [0.15, 0.2) is 0 Å². The lowest BCUT2D eigenvalue weighted by atomic mass is 10.2. The van der Waals surface area contributed by atoms with Gasteiger partial charge in [-0.2, -0.15) is 0 Å². The van der Waals surface area contributed by atoms with Gasteiger partial charge in [0.05, 0.1) is 18.5 Å². The molecule has 0 aliphatic carbocycles. The van der Waals surface area contributed by atoms with Crippen molar-refractivity contribution in [3.8, 4) is 0 Å². The zero-order valence-corrected chi connectivity index (χ0v) is 12.8. The Hall–Kier alpha value is -1.73. The first-order chi connectivity index (χ1) is 10.0. The molecule has 2 N–H and O–H groups in total. The van der Waals surface area contributed by atoms with Crippen molar-refractivity contribution in [2.24, 2.45) is 0 Å². The van der Waals surface area contributed by atoms with Gasteiger partial charge in [-0.3, -0.25) is 9.78 Å². The number of aromatic nitrogens is 2. The van der Waals surface area contributed by atoms with Gasteiger partial charge in [-0.15, -0.1) is 0 Å². The Balaban J connectivity index is 2.15. The summed E-state index contributed by atoms with van der Waals surface area (Å²) >= 11 is 0. The molecule has 1 aromatic rings. The average molecular weight is 293 g/mol. The molecule has 2 unspecified atom stereocenters. The molecule has 2 rings (SSSR count). The second-order valence-corrected chi connectivity index (χ2v) is 5.58. The van der Waals surface area contributed by atoms with E-state index < -0.39 is 6.10 Å². The molecule has 0 spiro atoms. The zero-order chi connectivity index (χ0) is 15.4. The highest BCUT2D eigenvalue weighted by atomic mass is 16.3. The summed E-state index contributed by atoms with van der Waals surface area (Å²) in [6.07, 6.45) is 3.20. The number of rotatable bonds is 5. The highest BCUT2D eigenvalue weighted by Gasteiger charge is 2.35. The summed E-state index contributed by atoms with van der Waals surface area (Å²) < 4.78 is 0. The largest absolute Gasteiger partial charge is 0.391 e. The lowest BCUT2D eigenvalue weighted by Crippen LogP contribution is -2.41. The third kappa shape index (κ3) is 3.89. The Kier molecular flexibility index (Phi) is 5.08. The van der Waals surface area contributed by atoms with Crippen LogP contribution in [0.4, 0.5) is 5.82 Å². The van der Waals surface area contributed by atoms with E-state index >= 15 is 0 Å². The van der Waals surface area contributed by atoms with Crippen molar-refractivity contribution in [2.45, 2.75) is 25.5 Å². The number of aliphatic hydroxyl groups is 1. The molecule has 0 bridgehead atoms. The minimum absolute atomic E-state index is 0.00657. The van der Waals surface area contributed by atoms with E-state index in [-0.39, 0.29) is 11.9 Å². The number of carbonyl (C=O) groups excluding carboxylic acids is 1. The van der Waals surface area contributed by atoms with Gasteiger partial charge in [0.25, 0.3) is 5.91 Å². The molecule has 7 heteroatoms. The number of nitrogens with zero attached hydrogens (tertiary/aromatic N) is 4. The number of aliphatic hydroxyl groups excluding tert-OH is 1. The van der Waals surface area contributed by atoms with Gasteiger partial charge in [-0.1, -0.05) is 0 Å². The fourth-order valence-electron chi connectivity index (χ4n) is 2.62. The molecule has 116 valence electrons. The molecule has 7 nitrogen and oxygen atoms in total. The SMILES string of the molecule is CCNc1cncc(C(=O)N2CC(O)CC2CN(C)C)n1. The molecular formula is C14H23N5O2. The van der Waals surface area contributed by atoms with Crippen molar-refractivity contribution in [1.82, 2.24) is 19.8 Å². The summed E-state index contributed by atoms with van der Waals surface area (Å²) in [5.74, 6) is 0.415. The van der Waals surface area contributed by atoms with Crippen molar-refractivity contribution >= 4 is 11.7 Å². The monoisotopic (exact) mass is 293 g/mol. The van der Waals surface area contributed by atoms with Crippen LogP contribution in [-0.4, -0.2) is 76.7 Å². The minimum Gasteiger partial charge on any atom is -0.391 e. The first-order valence-electron chi connectivity index (χ1n) is 7.21. The Morgan fingerprint density at radius 3 is 2.95 bits per heavy atom. The zero-order valence-electron chi connectivity index (χ0n) is 12.8. The predicted octanol–water partition coefficient (Wildman–Crippen LogP) is 0.0454. The average Bonchev–Trinajstić information content (AvgIpc) is 2.78. The van der Waals surface area contributed by atoms with Gasteiger partial charge < -0.3 is 20.2 Å². The Morgan fingerprint density at radius 2 is 2.29 bits per heavy atom. The number of nitrogens with one attached hydrogen (secondary N) is 1. The van der Waals surface area contributed by atoms with E-state index in [4.69, 9.17) is 0 Å². The van der Waals surface area contributed by atoms with Gasteiger partial charge >= 0.3 is 0 Å². The van der Waals surface area contributed by atoms with Crippen molar-refractivity contribution in [3.05, 3.63) is 18.1 Å². The topological polar surface area (TPSA) is 81.6 Å². The predicted molar refractivity (Wildman–Crippen MR) is 80.2 cm³/mol. The first kappa shape index (κ1) is 15.7. The van der Waals surface area contributed by atoms with E-state index in [2.05, 4.69) is 15.3 Å². The van der Waals surface area contributed by atoms with Gasteiger partial charge in [-0.05, 0) is 27.4 Å². The molecule has 21 heavy (non-hydrogen) atoms. The van der Waals surface area contributed by atoms with Crippen LogP contribution in [0.25, 0.3) is 0 Å². The number of anilines is 1. The fourth-order valence-corrected chi connectivity index (χ4v) is 2.62. The molecular weight excluding hydrogens is 270 g/mol. The van der Waals surface area contributed by atoms with Gasteiger partial charge in [0.1, 0.15) is 11.5 Å². The minimum atomic E-state index is -0.469. The molecule has 1 fully saturated rings. The van der Waals surface area contributed by atoms with E-state index in [1.165, 1.54) is 6.20 Å². The van der Waals surface area contributed by atoms with Gasteiger partial charge in [0, 0.05) is 25.7 Å². The summed E-state index contributed by atoms with van der Waals surface area (Å²) in [5, 5.41) is 12.9. The first-order valence-corrected chi connectivity index (χ1v) is 7.21. The number of likely N-dealkylation sites (N-methyl/N-ethyl adjacent to an activating group) is 1. The third-order valence-electron chi connectivity index (χ3n) is 3.44. The Labute approximate surface area is 125 Å². The van der Waals surface area contributed by atoms with Crippen molar-refractivity contribution < 1.29 is 9.90 Å². The van der Waals surface area contributed by atoms with Crippen LogP contribution in [-0.2, 0) is 0 Å². The summed E-state index contributed by atoms with van der Waals surface area (Å²) in [5.41, 5.74) is 0.311. The molecule has 0 saturated carbocycles. The molecule has 1 saturated heterocycles. The van der Waals surface area contributed by atoms with Gasteiger partial charge in [-0.25, -0.2) is 4.98 Å². The van der Waals surface area contributed by atoms with Crippen LogP contribution < -0.4 is 5.32 Å². The van der Waals surface area contributed by atoms with Crippen LogP contribution >= 0.6 is 0 Å². The summed E-state index contributed by atoms with van der Waals surface area (Å²) in [6, 6.07) is 0.00657. The van der Waals surface area contributed by atoms with Crippen LogP contribution in [0.15, 0.2) is 12.4 Å². The van der Waals surface area contributed by atoms with Crippen LogP contribution in [0.5, 0.6) is 0 Å². The van der Waals surface area contributed by atoms with Crippen LogP contribution in [0.3, 0.4) is 0 Å². The molecule has 0 radical (unpaired) electrons. The second kappa shape index (κ2) is 6.82. The van der Waals surface area contributed by atoms with E-state index in [1.54, 1.807) is 11.1 Å². The maximum atomic E-state index is 12.6. The van der Waals surface area contributed by atoms with Crippen molar-refractivity contribution in [3.63, 3.8) is 0 Å². The highest BCUT2D eigenvalue weighted by Crippen LogP contribution is 2.20. The maximum absolute atomic E-state index is 12.6. The van der Waals surface area contributed by atoms with E-state index in [0.717, 1.165) is 13.1 Å². The smallest absolute Gasteiger partial charge is 0.274 e. The molecule has 1 aliphatic rings. The maximum Gasteiger partial charge on any atom is 0.274 e. The number of likely N-dealkylation sites (tertiary alicyclic amines) is 1. The van der Waals surface area contributed by atoms with Gasteiger partial charge in [0.2, 0.25) is 0 Å². The number of amides is 1. The van der Waals surface area contributed by atoms with E-state index in [1.807, 2.05) is 25.9 Å². The number of hydrogen-bond donors (Lipinski definition) is 2.